The fraction of sp³-hybridized carbons (Fsp3) is 0.133. The van der Waals surface area contributed by atoms with Crippen LogP contribution >= 0.6 is 34.8 Å². The van der Waals surface area contributed by atoms with Crippen molar-refractivity contribution in [3.05, 3.63) is 63.1 Å². The first kappa shape index (κ1) is 16.0. The third-order valence-electron chi connectivity index (χ3n) is 2.67. The fourth-order valence-corrected chi connectivity index (χ4v) is 2.20. The van der Waals surface area contributed by atoms with Gasteiger partial charge in [-0.1, -0.05) is 65.1 Å². The molecule has 0 spiro atoms. The summed E-state index contributed by atoms with van der Waals surface area (Å²) in [5.74, 6) is 0.0712. The molecule has 2 rings (SSSR count). The third kappa shape index (κ3) is 4.81. The minimum absolute atomic E-state index is 0.148. The molecule has 0 bridgehead atoms. The lowest BCUT2D eigenvalue weighted by molar-refractivity contribution is -0.123. The van der Waals surface area contributed by atoms with Crippen LogP contribution in [0.1, 0.15) is 5.56 Å². The van der Waals surface area contributed by atoms with E-state index in [-0.39, 0.29) is 12.5 Å². The van der Waals surface area contributed by atoms with E-state index in [9.17, 15) is 4.79 Å². The normalized spacial score (nSPS) is 10.2. The van der Waals surface area contributed by atoms with Gasteiger partial charge < -0.3 is 10.1 Å². The van der Waals surface area contributed by atoms with Crippen molar-refractivity contribution in [1.29, 1.82) is 0 Å². The Morgan fingerprint density at radius 3 is 2.38 bits per heavy atom. The second-order valence-corrected chi connectivity index (χ2v) is 5.47. The average molecular weight is 345 g/mol. The van der Waals surface area contributed by atoms with Crippen LogP contribution in [0.3, 0.4) is 0 Å². The predicted molar refractivity (Wildman–Crippen MR) is 85.3 cm³/mol. The molecule has 21 heavy (non-hydrogen) atoms. The van der Waals surface area contributed by atoms with Crippen LogP contribution in [0.2, 0.25) is 15.1 Å². The second kappa shape index (κ2) is 7.55. The fourth-order valence-electron chi connectivity index (χ4n) is 1.61. The van der Waals surface area contributed by atoms with Gasteiger partial charge in [0.2, 0.25) is 0 Å². The van der Waals surface area contributed by atoms with Gasteiger partial charge in [-0.05, 0) is 11.6 Å². The zero-order valence-electron chi connectivity index (χ0n) is 10.9. The Morgan fingerprint density at radius 1 is 1.00 bits per heavy atom. The van der Waals surface area contributed by atoms with Crippen molar-refractivity contribution in [2.24, 2.45) is 0 Å². The van der Waals surface area contributed by atoms with Crippen molar-refractivity contribution in [1.82, 2.24) is 5.32 Å². The highest BCUT2D eigenvalue weighted by molar-refractivity contribution is 6.43. The van der Waals surface area contributed by atoms with Gasteiger partial charge in [-0.2, -0.15) is 0 Å². The maximum Gasteiger partial charge on any atom is 0.258 e. The molecule has 0 aromatic heterocycles. The van der Waals surface area contributed by atoms with E-state index >= 15 is 0 Å². The highest BCUT2D eigenvalue weighted by Crippen LogP contribution is 2.33. The van der Waals surface area contributed by atoms with E-state index in [2.05, 4.69) is 5.32 Å². The predicted octanol–water partition coefficient (Wildman–Crippen LogP) is 4.34. The molecule has 0 unspecified atom stereocenters. The molecule has 2 aromatic rings. The minimum Gasteiger partial charge on any atom is -0.482 e. The summed E-state index contributed by atoms with van der Waals surface area (Å²) in [5.41, 5.74) is 1.01. The van der Waals surface area contributed by atoms with Crippen LogP contribution in [0.15, 0.2) is 42.5 Å². The van der Waals surface area contributed by atoms with Gasteiger partial charge in [0.25, 0.3) is 5.91 Å². The first-order valence-electron chi connectivity index (χ1n) is 6.14. The number of hydrogen-bond donors (Lipinski definition) is 1. The summed E-state index contributed by atoms with van der Waals surface area (Å²) >= 11 is 17.6. The van der Waals surface area contributed by atoms with E-state index in [4.69, 9.17) is 39.5 Å². The van der Waals surface area contributed by atoms with E-state index in [0.717, 1.165) is 5.56 Å². The third-order valence-corrected chi connectivity index (χ3v) is 3.68. The number of amides is 1. The minimum atomic E-state index is -0.249. The van der Waals surface area contributed by atoms with Crippen LogP contribution in [-0.4, -0.2) is 12.5 Å². The molecule has 0 saturated carbocycles. The van der Waals surface area contributed by atoms with Crippen molar-refractivity contribution in [3.63, 3.8) is 0 Å². The van der Waals surface area contributed by atoms with Crippen LogP contribution in [0.5, 0.6) is 5.75 Å². The van der Waals surface area contributed by atoms with Gasteiger partial charge in [0.1, 0.15) is 5.75 Å². The lowest BCUT2D eigenvalue weighted by atomic mass is 10.2. The molecule has 0 aliphatic carbocycles. The van der Waals surface area contributed by atoms with Crippen molar-refractivity contribution >= 4 is 40.7 Å². The van der Waals surface area contributed by atoms with Crippen molar-refractivity contribution in [3.8, 4) is 5.75 Å². The number of halogens is 3. The number of carbonyl (C=O) groups is 1. The number of rotatable bonds is 5. The zero-order valence-corrected chi connectivity index (χ0v) is 13.2. The van der Waals surface area contributed by atoms with E-state index in [1.54, 1.807) is 0 Å². The summed E-state index contributed by atoms with van der Waals surface area (Å²) in [6.07, 6.45) is 0. The first-order valence-corrected chi connectivity index (χ1v) is 7.27. The summed E-state index contributed by atoms with van der Waals surface area (Å²) in [7, 11) is 0. The molecule has 0 saturated heterocycles. The van der Waals surface area contributed by atoms with E-state index in [1.807, 2.05) is 30.3 Å². The van der Waals surface area contributed by atoms with Gasteiger partial charge >= 0.3 is 0 Å². The molecule has 0 aliphatic rings. The molecule has 6 heteroatoms. The van der Waals surface area contributed by atoms with Gasteiger partial charge in [0, 0.05) is 12.6 Å². The summed E-state index contributed by atoms with van der Waals surface area (Å²) in [5, 5.41) is 3.71. The first-order chi connectivity index (χ1) is 10.1. The maximum absolute atomic E-state index is 11.7. The van der Waals surface area contributed by atoms with Gasteiger partial charge in [-0.3, -0.25) is 4.79 Å². The summed E-state index contributed by atoms with van der Waals surface area (Å²) in [6.45, 7) is 0.294. The molecule has 0 heterocycles. The number of hydrogen-bond acceptors (Lipinski definition) is 2. The van der Waals surface area contributed by atoms with Crippen molar-refractivity contribution in [2.75, 3.05) is 6.61 Å². The summed E-state index contributed by atoms with van der Waals surface area (Å²) < 4.78 is 5.34. The smallest absolute Gasteiger partial charge is 0.258 e. The number of benzene rings is 2. The Balaban J connectivity index is 1.85. The largest absolute Gasteiger partial charge is 0.482 e. The van der Waals surface area contributed by atoms with Crippen molar-refractivity contribution < 1.29 is 9.53 Å². The lowest BCUT2D eigenvalue weighted by Gasteiger charge is -2.10. The molecule has 110 valence electrons. The maximum atomic E-state index is 11.7. The van der Waals surface area contributed by atoms with Crippen LogP contribution in [0.25, 0.3) is 0 Å². The number of ether oxygens (including phenoxy) is 1. The number of nitrogens with one attached hydrogen (secondary N) is 1. The molecule has 0 fully saturated rings. The van der Waals surface area contributed by atoms with Gasteiger partial charge in [0.05, 0.1) is 15.1 Å². The Bertz CT molecular complexity index is 632. The van der Waals surface area contributed by atoms with E-state index in [1.165, 1.54) is 12.1 Å². The van der Waals surface area contributed by atoms with E-state index < -0.39 is 0 Å². The van der Waals surface area contributed by atoms with Gasteiger partial charge in [-0.25, -0.2) is 0 Å². The van der Waals surface area contributed by atoms with Crippen LogP contribution < -0.4 is 10.1 Å². The molecule has 0 aliphatic heterocycles. The Morgan fingerprint density at radius 2 is 1.67 bits per heavy atom. The molecule has 1 amide bonds. The zero-order chi connectivity index (χ0) is 15.2. The molecular weight excluding hydrogens is 333 g/mol. The molecule has 0 radical (unpaired) electrons. The number of carbonyl (C=O) groups excluding carboxylic acids is 1. The lowest BCUT2D eigenvalue weighted by Crippen LogP contribution is -2.28. The monoisotopic (exact) mass is 343 g/mol. The van der Waals surface area contributed by atoms with Gasteiger partial charge in [0.15, 0.2) is 6.61 Å². The Kier molecular flexibility index (Phi) is 5.74. The highest BCUT2D eigenvalue weighted by Gasteiger charge is 2.09. The van der Waals surface area contributed by atoms with Crippen molar-refractivity contribution in [2.45, 2.75) is 6.54 Å². The summed E-state index contributed by atoms with van der Waals surface area (Å²) in [4.78, 5) is 11.7. The quantitative estimate of drug-likeness (QED) is 0.819. The molecule has 1 N–H and O–H groups in total. The Hall–Kier alpha value is -1.42. The van der Waals surface area contributed by atoms with Crippen LogP contribution in [0, 0.1) is 0 Å². The molecule has 3 nitrogen and oxygen atoms in total. The Labute approximate surface area is 137 Å². The van der Waals surface area contributed by atoms with Crippen LogP contribution in [0.4, 0.5) is 0 Å². The SMILES string of the molecule is O=C(COc1cc(Cl)c(Cl)cc1Cl)NCc1ccccc1. The molecule has 2 aromatic carbocycles. The second-order valence-electron chi connectivity index (χ2n) is 4.25. The highest BCUT2D eigenvalue weighted by atomic mass is 35.5. The van der Waals surface area contributed by atoms with Gasteiger partial charge in [-0.15, -0.1) is 0 Å². The van der Waals surface area contributed by atoms with Crippen LogP contribution in [-0.2, 0) is 11.3 Å². The molecule has 0 atom stereocenters. The summed E-state index contributed by atoms with van der Waals surface area (Å²) in [6, 6.07) is 12.6. The topological polar surface area (TPSA) is 38.3 Å². The molecular formula is C15H12Cl3NO2. The standard InChI is InChI=1S/C15H12Cl3NO2/c16-11-6-13(18)14(7-12(11)17)21-9-15(20)19-8-10-4-2-1-3-5-10/h1-7H,8-9H2,(H,19,20). The average Bonchev–Trinajstić information content (AvgIpc) is 2.48. The van der Waals surface area contributed by atoms with E-state index in [0.29, 0.717) is 27.4 Å².